The number of aryl methyl sites for hydroxylation is 2. The van der Waals surface area contributed by atoms with Gasteiger partial charge in [-0.2, -0.15) is 0 Å². The molecule has 2 N–H and O–H groups in total. The summed E-state index contributed by atoms with van der Waals surface area (Å²) >= 11 is 6.28. The Morgan fingerprint density at radius 3 is 2.59 bits per heavy atom. The molecule has 7 heteroatoms. The number of anilines is 1. The maximum atomic E-state index is 12.2. The molecule has 150 valence electrons. The van der Waals surface area contributed by atoms with Gasteiger partial charge in [0.25, 0.3) is 0 Å². The largest absolute Gasteiger partial charge is 0.459 e. The topological polar surface area (TPSA) is 80.3 Å². The molecule has 0 radical (unpaired) electrons. The zero-order valence-electron chi connectivity index (χ0n) is 16.5. The molecule has 0 bridgehead atoms. The van der Waals surface area contributed by atoms with Crippen LogP contribution in [0.2, 0.25) is 5.15 Å². The van der Waals surface area contributed by atoms with Crippen LogP contribution >= 0.6 is 11.6 Å². The lowest BCUT2D eigenvalue weighted by Crippen LogP contribution is -2.41. The second-order valence-corrected chi connectivity index (χ2v) is 7.17. The zero-order valence-corrected chi connectivity index (χ0v) is 17.2. The summed E-state index contributed by atoms with van der Waals surface area (Å²) in [6.07, 6.45) is 0. The fourth-order valence-corrected chi connectivity index (χ4v) is 3.02. The van der Waals surface area contributed by atoms with Gasteiger partial charge in [-0.3, -0.25) is 0 Å². The number of para-hydroxylation sites is 1. The molecule has 0 aliphatic heterocycles. The summed E-state index contributed by atoms with van der Waals surface area (Å²) in [5.74, 6) is -0.565. The molecular weight excluding hydrogens is 390 g/mol. The molecule has 1 aromatic heterocycles. The third-order valence-corrected chi connectivity index (χ3v) is 4.97. The molecule has 0 saturated carbocycles. The zero-order chi connectivity index (χ0) is 21.0. The van der Waals surface area contributed by atoms with Gasteiger partial charge in [-0.1, -0.05) is 41.9 Å². The second kappa shape index (κ2) is 8.92. The lowest BCUT2D eigenvalue weighted by Gasteiger charge is -2.15. The van der Waals surface area contributed by atoms with Gasteiger partial charge in [-0.05, 0) is 50.1 Å². The molecule has 1 heterocycles. The van der Waals surface area contributed by atoms with Crippen molar-refractivity contribution in [1.82, 2.24) is 10.3 Å². The van der Waals surface area contributed by atoms with E-state index in [1.165, 1.54) is 0 Å². The predicted octanol–water partition coefficient (Wildman–Crippen LogP) is 4.76. The average Bonchev–Trinajstić information content (AvgIpc) is 2.70. The number of esters is 1. The van der Waals surface area contributed by atoms with E-state index in [-0.39, 0.29) is 6.61 Å². The van der Waals surface area contributed by atoms with Crippen LogP contribution in [0.25, 0.3) is 10.9 Å². The van der Waals surface area contributed by atoms with E-state index < -0.39 is 18.0 Å². The van der Waals surface area contributed by atoms with Gasteiger partial charge in [0.05, 0.1) is 5.52 Å². The van der Waals surface area contributed by atoms with Crippen LogP contribution in [-0.2, 0) is 16.1 Å². The van der Waals surface area contributed by atoms with Gasteiger partial charge in [0, 0.05) is 16.6 Å². The highest BCUT2D eigenvalue weighted by Gasteiger charge is 2.18. The number of ether oxygens (including phenoxy) is 1. The minimum absolute atomic E-state index is 0.0279. The number of nitrogens with one attached hydrogen (secondary N) is 2. The van der Waals surface area contributed by atoms with Crippen molar-refractivity contribution >= 4 is 40.2 Å². The molecule has 0 fully saturated rings. The Kier molecular flexibility index (Phi) is 6.34. The van der Waals surface area contributed by atoms with Crippen LogP contribution < -0.4 is 10.6 Å². The fraction of sp³-hybridized carbons (Fsp3) is 0.227. The van der Waals surface area contributed by atoms with Crippen LogP contribution in [-0.4, -0.2) is 23.0 Å². The van der Waals surface area contributed by atoms with E-state index in [0.717, 1.165) is 22.0 Å². The van der Waals surface area contributed by atoms with Gasteiger partial charge in [-0.25, -0.2) is 14.6 Å². The highest BCUT2D eigenvalue weighted by atomic mass is 35.5. The first-order chi connectivity index (χ1) is 13.8. The Morgan fingerprint density at radius 1 is 1.14 bits per heavy atom. The number of hydrogen-bond acceptors (Lipinski definition) is 4. The Morgan fingerprint density at radius 2 is 1.86 bits per heavy atom. The van der Waals surface area contributed by atoms with E-state index >= 15 is 0 Å². The van der Waals surface area contributed by atoms with Crippen molar-refractivity contribution in [2.24, 2.45) is 0 Å². The van der Waals surface area contributed by atoms with E-state index in [2.05, 4.69) is 15.6 Å². The monoisotopic (exact) mass is 411 g/mol. The predicted molar refractivity (Wildman–Crippen MR) is 114 cm³/mol. The van der Waals surface area contributed by atoms with Crippen LogP contribution in [0.15, 0.2) is 48.5 Å². The molecule has 29 heavy (non-hydrogen) atoms. The number of halogens is 1. The number of amides is 2. The van der Waals surface area contributed by atoms with E-state index in [1.54, 1.807) is 31.2 Å². The summed E-state index contributed by atoms with van der Waals surface area (Å²) in [6.45, 7) is 5.54. The number of hydrogen-bond donors (Lipinski definition) is 2. The first-order valence-corrected chi connectivity index (χ1v) is 9.57. The van der Waals surface area contributed by atoms with Gasteiger partial charge >= 0.3 is 12.0 Å². The minimum atomic E-state index is -0.823. The molecule has 0 unspecified atom stereocenters. The maximum Gasteiger partial charge on any atom is 0.328 e. The van der Waals surface area contributed by atoms with Crippen molar-refractivity contribution in [2.45, 2.75) is 33.4 Å². The third kappa shape index (κ3) is 5.03. The summed E-state index contributed by atoms with van der Waals surface area (Å²) in [5, 5.41) is 6.42. The van der Waals surface area contributed by atoms with Gasteiger partial charge < -0.3 is 15.4 Å². The highest BCUT2D eigenvalue weighted by Crippen LogP contribution is 2.25. The number of rotatable bonds is 5. The normalized spacial score (nSPS) is 11.7. The van der Waals surface area contributed by atoms with Crippen LogP contribution in [0, 0.1) is 13.8 Å². The number of urea groups is 1. The van der Waals surface area contributed by atoms with Crippen LogP contribution in [0.4, 0.5) is 10.5 Å². The molecule has 3 rings (SSSR count). The Labute approximate surface area is 174 Å². The number of fused-ring (bicyclic) bond motifs is 1. The van der Waals surface area contributed by atoms with E-state index in [4.69, 9.17) is 16.3 Å². The number of carbonyl (C=O) groups is 2. The second-order valence-electron chi connectivity index (χ2n) is 6.81. The average molecular weight is 412 g/mol. The molecule has 0 aliphatic carbocycles. The van der Waals surface area contributed by atoms with Crippen molar-refractivity contribution < 1.29 is 14.3 Å². The Hall–Kier alpha value is -3.12. The van der Waals surface area contributed by atoms with Crippen LogP contribution in [0.5, 0.6) is 0 Å². The van der Waals surface area contributed by atoms with E-state index in [9.17, 15) is 9.59 Å². The summed E-state index contributed by atoms with van der Waals surface area (Å²) in [5.41, 5.74) is 4.27. The smallest absolute Gasteiger partial charge is 0.328 e. The fourth-order valence-electron chi connectivity index (χ4n) is 2.82. The van der Waals surface area contributed by atoms with Crippen molar-refractivity contribution in [3.8, 4) is 0 Å². The molecule has 2 aromatic carbocycles. The lowest BCUT2D eigenvalue weighted by molar-refractivity contribution is -0.146. The van der Waals surface area contributed by atoms with Crippen LogP contribution in [0.1, 0.15) is 23.6 Å². The molecule has 0 aliphatic rings. The molecule has 2 amide bonds. The molecule has 0 spiro atoms. The van der Waals surface area contributed by atoms with Crippen molar-refractivity contribution in [3.63, 3.8) is 0 Å². The Balaban J connectivity index is 1.60. The SMILES string of the molecule is Cc1ccc2cc(COC(=O)[C@H](C)NC(=O)Nc3ccccc3)c(Cl)nc2c1C. The lowest BCUT2D eigenvalue weighted by atomic mass is 10.0. The first-order valence-electron chi connectivity index (χ1n) is 9.19. The molecule has 0 saturated heterocycles. The standard InChI is InChI=1S/C22H22ClN3O3/c1-13-9-10-16-11-17(20(23)26-19(16)14(13)2)12-29-21(27)15(3)24-22(28)25-18-7-5-4-6-8-18/h4-11,15H,12H2,1-3H3,(H2,24,25,28)/t15-/m0/s1. The third-order valence-electron chi connectivity index (χ3n) is 4.64. The number of aromatic nitrogens is 1. The minimum Gasteiger partial charge on any atom is -0.459 e. The number of carbonyl (C=O) groups excluding carboxylic acids is 2. The van der Waals surface area contributed by atoms with Gasteiger partial charge in [0.2, 0.25) is 0 Å². The number of benzene rings is 2. The molecule has 6 nitrogen and oxygen atoms in total. The van der Waals surface area contributed by atoms with E-state index in [0.29, 0.717) is 16.4 Å². The van der Waals surface area contributed by atoms with Crippen molar-refractivity contribution in [1.29, 1.82) is 0 Å². The summed E-state index contributed by atoms with van der Waals surface area (Å²) in [6, 6.07) is 13.5. The quantitative estimate of drug-likeness (QED) is 0.468. The number of nitrogens with zero attached hydrogens (tertiary/aromatic N) is 1. The maximum absolute atomic E-state index is 12.2. The Bertz CT molecular complexity index is 1050. The summed E-state index contributed by atoms with van der Waals surface area (Å²) in [4.78, 5) is 28.7. The van der Waals surface area contributed by atoms with Crippen LogP contribution in [0.3, 0.4) is 0 Å². The van der Waals surface area contributed by atoms with Crippen molar-refractivity contribution in [3.05, 3.63) is 70.4 Å². The molecular formula is C22H22ClN3O3. The first kappa shape index (κ1) is 20.6. The molecule has 1 atom stereocenters. The van der Waals surface area contributed by atoms with E-state index in [1.807, 2.05) is 38.1 Å². The van der Waals surface area contributed by atoms with Gasteiger partial charge in [0.1, 0.15) is 17.8 Å². The number of pyridine rings is 1. The summed E-state index contributed by atoms with van der Waals surface area (Å²) < 4.78 is 5.32. The highest BCUT2D eigenvalue weighted by molar-refractivity contribution is 6.30. The van der Waals surface area contributed by atoms with Gasteiger partial charge in [0.15, 0.2) is 0 Å². The van der Waals surface area contributed by atoms with Gasteiger partial charge in [-0.15, -0.1) is 0 Å². The van der Waals surface area contributed by atoms with Crippen molar-refractivity contribution in [2.75, 3.05) is 5.32 Å². The molecule has 3 aromatic rings. The summed E-state index contributed by atoms with van der Waals surface area (Å²) in [7, 11) is 0.